The number of amides is 2. The van der Waals surface area contributed by atoms with Crippen molar-refractivity contribution in [1.29, 1.82) is 0 Å². The maximum absolute atomic E-state index is 12.0. The van der Waals surface area contributed by atoms with E-state index >= 15 is 0 Å². The molecular weight excluding hydrogens is 308 g/mol. The van der Waals surface area contributed by atoms with Crippen LogP contribution in [0.4, 0.5) is 10.7 Å². The van der Waals surface area contributed by atoms with Crippen molar-refractivity contribution in [1.82, 2.24) is 25.6 Å². The summed E-state index contributed by atoms with van der Waals surface area (Å²) in [5, 5.41) is 2.95. The van der Waals surface area contributed by atoms with Gasteiger partial charge in [-0.3, -0.25) is 10.3 Å². The van der Waals surface area contributed by atoms with Crippen LogP contribution in [0.5, 0.6) is 0 Å². The van der Waals surface area contributed by atoms with Crippen molar-refractivity contribution in [2.45, 2.75) is 32.7 Å². The summed E-state index contributed by atoms with van der Waals surface area (Å²) in [6, 6.07) is 1.75. The first kappa shape index (κ1) is 18.4. The average Bonchev–Trinajstić information content (AvgIpc) is 2.65. The zero-order valence-corrected chi connectivity index (χ0v) is 14.5. The molecule has 0 aromatic carbocycles. The van der Waals surface area contributed by atoms with E-state index in [0.29, 0.717) is 24.5 Å². The van der Waals surface area contributed by atoms with Crippen LogP contribution in [-0.2, 0) is 4.74 Å². The second-order valence-electron chi connectivity index (χ2n) is 5.82. The van der Waals surface area contributed by atoms with E-state index in [2.05, 4.69) is 44.9 Å². The van der Waals surface area contributed by atoms with Gasteiger partial charge in [-0.05, 0) is 12.0 Å². The number of hydrogen-bond donors (Lipinski definition) is 3. The van der Waals surface area contributed by atoms with Gasteiger partial charge in [0.05, 0.1) is 13.2 Å². The van der Waals surface area contributed by atoms with E-state index in [9.17, 15) is 4.79 Å². The Morgan fingerprint density at radius 1 is 1.25 bits per heavy atom. The van der Waals surface area contributed by atoms with Gasteiger partial charge in [0, 0.05) is 38.1 Å². The molecule has 24 heavy (non-hydrogen) atoms. The lowest BCUT2D eigenvalue weighted by molar-refractivity contribution is 0.00239. The molecule has 0 radical (unpaired) electrons. The minimum absolute atomic E-state index is 0.285. The van der Waals surface area contributed by atoms with E-state index in [4.69, 9.17) is 4.74 Å². The summed E-state index contributed by atoms with van der Waals surface area (Å²) in [5.74, 6) is 0.909. The van der Waals surface area contributed by atoms with Gasteiger partial charge >= 0.3 is 6.03 Å². The Labute approximate surface area is 143 Å². The molecule has 3 N–H and O–H groups in total. The molecule has 0 bridgehead atoms. The first-order valence-electron chi connectivity index (χ1n) is 8.63. The van der Waals surface area contributed by atoms with Crippen molar-refractivity contribution >= 4 is 12.0 Å². The maximum atomic E-state index is 12.0. The molecule has 8 nitrogen and oxygen atoms in total. The van der Waals surface area contributed by atoms with Crippen LogP contribution in [0, 0.1) is 5.92 Å². The lowest BCUT2D eigenvalue weighted by atomic mass is 9.92. The zero-order chi connectivity index (χ0) is 17.2. The number of urea groups is 1. The highest BCUT2D eigenvalue weighted by molar-refractivity contribution is 5.74. The second-order valence-corrected chi connectivity index (χ2v) is 5.82. The third kappa shape index (κ3) is 5.61. The number of nitrogens with zero attached hydrogens (tertiary/aromatic N) is 3. The molecule has 134 valence electrons. The van der Waals surface area contributed by atoms with Crippen molar-refractivity contribution in [2.75, 3.05) is 38.3 Å². The molecule has 0 spiro atoms. The SMILES string of the molecule is CCC(CC)C(CNC(=O)NNc1ncccn1)N1CCOCC1. The van der Waals surface area contributed by atoms with Gasteiger partial charge in [-0.1, -0.05) is 26.7 Å². The average molecular weight is 336 g/mol. The van der Waals surface area contributed by atoms with Gasteiger partial charge in [-0.25, -0.2) is 20.2 Å². The van der Waals surface area contributed by atoms with Gasteiger partial charge in [-0.2, -0.15) is 0 Å². The normalized spacial score (nSPS) is 16.6. The molecule has 0 saturated carbocycles. The molecule has 2 amide bonds. The first-order valence-corrected chi connectivity index (χ1v) is 8.63. The first-order chi connectivity index (χ1) is 11.7. The van der Waals surface area contributed by atoms with E-state index in [1.54, 1.807) is 18.5 Å². The predicted octanol–water partition coefficient (Wildman–Crippen LogP) is 1.24. The van der Waals surface area contributed by atoms with Crippen molar-refractivity contribution in [2.24, 2.45) is 5.92 Å². The molecule has 0 aliphatic carbocycles. The number of nitrogens with one attached hydrogen (secondary N) is 3. The number of anilines is 1. The largest absolute Gasteiger partial charge is 0.379 e. The number of morpholine rings is 1. The quantitative estimate of drug-likeness (QED) is 0.619. The lowest BCUT2D eigenvalue weighted by Crippen LogP contribution is -2.53. The third-order valence-electron chi connectivity index (χ3n) is 4.43. The molecule has 2 heterocycles. The number of ether oxygens (including phenoxy) is 1. The number of carbonyl (C=O) groups is 1. The van der Waals surface area contributed by atoms with Crippen molar-refractivity contribution < 1.29 is 9.53 Å². The molecule has 1 unspecified atom stereocenters. The van der Waals surface area contributed by atoms with Crippen LogP contribution in [0.2, 0.25) is 0 Å². The molecule has 1 saturated heterocycles. The molecule has 1 fully saturated rings. The topological polar surface area (TPSA) is 91.4 Å². The van der Waals surface area contributed by atoms with Crippen LogP contribution in [-0.4, -0.2) is 59.8 Å². The summed E-state index contributed by atoms with van der Waals surface area (Å²) in [6.45, 7) is 8.37. The van der Waals surface area contributed by atoms with Crippen LogP contribution >= 0.6 is 0 Å². The lowest BCUT2D eigenvalue weighted by Gasteiger charge is -2.38. The van der Waals surface area contributed by atoms with Crippen LogP contribution < -0.4 is 16.2 Å². The summed E-state index contributed by atoms with van der Waals surface area (Å²) in [6.07, 6.45) is 5.41. The molecular formula is C16H28N6O2. The summed E-state index contributed by atoms with van der Waals surface area (Å²) >= 11 is 0. The van der Waals surface area contributed by atoms with Gasteiger partial charge in [0.1, 0.15) is 0 Å². The summed E-state index contributed by atoms with van der Waals surface area (Å²) in [5.41, 5.74) is 5.25. The molecule has 1 atom stereocenters. The Hall–Kier alpha value is -1.93. The van der Waals surface area contributed by atoms with E-state index in [-0.39, 0.29) is 6.03 Å². The standard InChI is InChI=1S/C16H28N6O2/c1-3-13(4-2)14(22-8-10-24-11-9-22)12-19-16(23)21-20-15-17-6-5-7-18-15/h5-7,13-14H,3-4,8-12H2,1-2H3,(H,17,18,20)(H2,19,21,23). The van der Waals surface area contributed by atoms with Crippen LogP contribution in [0.25, 0.3) is 0 Å². The Kier molecular flexibility index (Phi) is 7.70. The fourth-order valence-corrected chi connectivity index (χ4v) is 3.05. The smallest absolute Gasteiger partial charge is 0.333 e. The van der Waals surface area contributed by atoms with Gasteiger partial charge in [0.15, 0.2) is 0 Å². The Balaban J connectivity index is 1.83. The molecule has 1 aromatic heterocycles. The monoisotopic (exact) mass is 336 g/mol. The van der Waals surface area contributed by atoms with E-state index in [0.717, 1.165) is 39.1 Å². The number of hydrazine groups is 1. The highest BCUT2D eigenvalue weighted by Crippen LogP contribution is 2.19. The van der Waals surface area contributed by atoms with E-state index in [1.165, 1.54) is 0 Å². The van der Waals surface area contributed by atoms with Crippen molar-refractivity contribution in [3.8, 4) is 0 Å². The highest BCUT2D eigenvalue weighted by Gasteiger charge is 2.27. The molecule has 1 aromatic rings. The molecule has 8 heteroatoms. The van der Waals surface area contributed by atoms with Crippen molar-refractivity contribution in [3.05, 3.63) is 18.5 Å². The van der Waals surface area contributed by atoms with Gasteiger partial charge in [0.25, 0.3) is 0 Å². The minimum atomic E-state index is -0.285. The highest BCUT2D eigenvalue weighted by atomic mass is 16.5. The van der Waals surface area contributed by atoms with Crippen molar-refractivity contribution in [3.63, 3.8) is 0 Å². The summed E-state index contributed by atoms with van der Waals surface area (Å²) < 4.78 is 5.44. The van der Waals surface area contributed by atoms with Crippen LogP contribution in [0.15, 0.2) is 18.5 Å². The molecule has 1 aliphatic heterocycles. The van der Waals surface area contributed by atoms with Gasteiger partial charge in [-0.15, -0.1) is 0 Å². The number of hydrogen-bond acceptors (Lipinski definition) is 6. The van der Waals surface area contributed by atoms with E-state index in [1.807, 2.05) is 0 Å². The fraction of sp³-hybridized carbons (Fsp3) is 0.688. The summed E-state index contributed by atoms with van der Waals surface area (Å²) in [4.78, 5) is 22.4. The fourth-order valence-electron chi connectivity index (χ4n) is 3.05. The minimum Gasteiger partial charge on any atom is -0.379 e. The maximum Gasteiger partial charge on any atom is 0.333 e. The Morgan fingerprint density at radius 2 is 1.92 bits per heavy atom. The second kappa shape index (κ2) is 10.0. The Bertz CT molecular complexity index is 477. The predicted molar refractivity (Wildman–Crippen MR) is 92.4 cm³/mol. The molecule has 1 aliphatic rings. The number of rotatable bonds is 8. The summed E-state index contributed by atoms with van der Waals surface area (Å²) in [7, 11) is 0. The number of aromatic nitrogens is 2. The zero-order valence-electron chi connectivity index (χ0n) is 14.5. The Morgan fingerprint density at radius 3 is 2.54 bits per heavy atom. The van der Waals surface area contributed by atoms with Gasteiger partial charge in [0.2, 0.25) is 5.95 Å². The van der Waals surface area contributed by atoms with Crippen LogP contribution in [0.1, 0.15) is 26.7 Å². The van der Waals surface area contributed by atoms with Crippen LogP contribution in [0.3, 0.4) is 0 Å². The third-order valence-corrected chi connectivity index (χ3v) is 4.43. The number of carbonyl (C=O) groups excluding carboxylic acids is 1. The molecule has 2 rings (SSSR count). The van der Waals surface area contributed by atoms with Gasteiger partial charge < -0.3 is 10.1 Å². The van der Waals surface area contributed by atoms with E-state index < -0.39 is 0 Å².